The summed E-state index contributed by atoms with van der Waals surface area (Å²) in [6, 6.07) is 0. The number of hydrogen-bond acceptors (Lipinski definition) is 5. The van der Waals surface area contributed by atoms with Crippen molar-refractivity contribution in [3.05, 3.63) is 10.8 Å². The van der Waals surface area contributed by atoms with Crippen molar-refractivity contribution in [2.75, 3.05) is 25.1 Å². The zero-order valence-corrected chi connectivity index (χ0v) is 12.9. The van der Waals surface area contributed by atoms with Crippen LogP contribution in [0.2, 0.25) is 0 Å². The minimum atomic E-state index is 0.601. The smallest absolute Gasteiger partial charge is 0.144 e. The lowest BCUT2D eigenvalue weighted by atomic mass is 10.2. The quantitative estimate of drug-likeness (QED) is 0.838. The van der Waals surface area contributed by atoms with Gasteiger partial charge in [0.2, 0.25) is 0 Å². The maximum absolute atomic E-state index is 5.37. The third-order valence-corrected chi connectivity index (χ3v) is 5.10. The number of thioether (sulfide) groups is 1. The summed E-state index contributed by atoms with van der Waals surface area (Å²) in [6.07, 6.45) is 4.90. The molecule has 0 saturated carbocycles. The fraction of sp³-hybridized carbons (Fsp3) is 0.667. The first kappa shape index (κ1) is 14.1. The highest BCUT2D eigenvalue weighted by Crippen LogP contribution is 2.35. The van der Waals surface area contributed by atoms with Crippen molar-refractivity contribution in [3.63, 3.8) is 0 Å². The van der Waals surface area contributed by atoms with Gasteiger partial charge in [0.05, 0.1) is 4.47 Å². The molecule has 1 aliphatic heterocycles. The lowest BCUT2D eigenvalue weighted by Crippen LogP contribution is -2.17. The van der Waals surface area contributed by atoms with Crippen LogP contribution in [0.3, 0.4) is 0 Å². The zero-order valence-electron chi connectivity index (χ0n) is 10.5. The van der Waals surface area contributed by atoms with Crippen LogP contribution in [-0.2, 0) is 4.74 Å². The van der Waals surface area contributed by atoms with Crippen LogP contribution in [-0.4, -0.2) is 35.0 Å². The zero-order chi connectivity index (χ0) is 12.8. The van der Waals surface area contributed by atoms with Crippen LogP contribution in [0.5, 0.6) is 0 Å². The first-order valence-corrected chi connectivity index (χ1v) is 7.97. The molecule has 4 nitrogen and oxygen atoms in total. The highest BCUT2D eigenvalue weighted by Gasteiger charge is 2.18. The first-order valence-electron chi connectivity index (χ1n) is 6.30. The molecule has 0 aromatic carbocycles. The molecule has 0 radical (unpaired) electrons. The van der Waals surface area contributed by atoms with Gasteiger partial charge in [-0.1, -0.05) is 6.92 Å². The maximum atomic E-state index is 5.37. The average molecular weight is 332 g/mol. The lowest BCUT2D eigenvalue weighted by molar-refractivity contribution is 0.1000. The summed E-state index contributed by atoms with van der Waals surface area (Å²) in [5.74, 6) is 0.890. The predicted molar refractivity (Wildman–Crippen MR) is 78.2 cm³/mol. The number of rotatable bonds is 5. The summed E-state index contributed by atoms with van der Waals surface area (Å²) >= 11 is 5.42. The van der Waals surface area contributed by atoms with Crippen molar-refractivity contribution >= 4 is 33.5 Å². The number of nitrogens with zero attached hydrogens (tertiary/aromatic N) is 2. The third kappa shape index (κ3) is 3.83. The summed E-state index contributed by atoms with van der Waals surface area (Å²) in [6.45, 7) is 4.79. The van der Waals surface area contributed by atoms with Crippen molar-refractivity contribution in [3.8, 4) is 0 Å². The Hall–Kier alpha value is -0.330. The molecule has 1 aromatic rings. The van der Waals surface area contributed by atoms with Crippen LogP contribution in [0.4, 0.5) is 5.82 Å². The molecular formula is C12H18BrN3OS. The summed E-state index contributed by atoms with van der Waals surface area (Å²) < 4.78 is 6.36. The molecule has 0 spiro atoms. The van der Waals surface area contributed by atoms with Crippen LogP contribution < -0.4 is 5.32 Å². The SMILES string of the molecule is CCCNc1ncnc(SC2CCOCC2)c1Br. The molecule has 2 heterocycles. The van der Waals surface area contributed by atoms with Crippen LogP contribution in [0, 0.1) is 0 Å². The van der Waals surface area contributed by atoms with Crippen LogP contribution in [0.25, 0.3) is 0 Å². The van der Waals surface area contributed by atoms with Gasteiger partial charge < -0.3 is 10.1 Å². The molecule has 100 valence electrons. The minimum absolute atomic E-state index is 0.601. The van der Waals surface area contributed by atoms with E-state index in [0.717, 1.165) is 54.3 Å². The van der Waals surface area contributed by atoms with E-state index in [9.17, 15) is 0 Å². The molecule has 6 heteroatoms. The Bertz CT molecular complexity index is 386. The normalized spacial score (nSPS) is 16.8. The Kier molecular flexibility index (Phi) is 5.72. The Labute approximate surface area is 120 Å². The van der Waals surface area contributed by atoms with E-state index in [1.54, 1.807) is 6.33 Å². The second kappa shape index (κ2) is 7.31. The van der Waals surface area contributed by atoms with Crippen LogP contribution in [0.15, 0.2) is 15.8 Å². The molecule has 1 saturated heterocycles. The van der Waals surface area contributed by atoms with Crippen LogP contribution >= 0.6 is 27.7 Å². The van der Waals surface area contributed by atoms with Gasteiger partial charge in [0, 0.05) is 25.0 Å². The Morgan fingerprint density at radius 3 is 2.94 bits per heavy atom. The third-order valence-electron chi connectivity index (χ3n) is 2.75. The van der Waals surface area contributed by atoms with Gasteiger partial charge in [0.15, 0.2) is 0 Å². The fourth-order valence-corrected chi connectivity index (χ4v) is 3.43. The van der Waals surface area contributed by atoms with Gasteiger partial charge in [-0.15, -0.1) is 11.8 Å². The Morgan fingerprint density at radius 1 is 1.44 bits per heavy atom. The van der Waals surface area contributed by atoms with E-state index in [-0.39, 0.29) is 0 Å². The molecule has 0 amide bonds. The molecule has 0 aliphatic carbocycles. The van der Waals surface area contributed by atoms with Gasteiger partial charge >= 0.3 is 0 Å². The molecule has 0 unspecified atom stereocenters. The number of hydrogen-bond donors (Lipinski definition) is 1. The summed E-state index contributed by atoms with van der Waals surface area (Å²) in [4.78, 5) is 8.63. The highest BCUT2D eigenvalue weighted by molar-refractivity contribution is 9.10. The standard InChI is InChI=1S/C12H18BrN3OS/c1-2-5-14-11-10(13)12(16-8-15-11)18-9-3-6-17-7-4-9/h8-9H,2-7H2,1H3,(H,14,15,16). The van der Waals surface area contributed by atoms with Crippen molar-refractivity contribution in [1.29, 1.82) is 0 Å². The van der Waals surface area contributed by atoms with E-state index >= 15 is 0 Å². The van der Waals surface area contributed by atoms with Gasteiger partial charge in [0.25, 0.3) is 0 Å². The topological polar surface area (TPSA) is 47.0 Å². The van der Waals surface area contributed by atoms with Gasteiger partial charge in [-0.3, -0.25) is 0 Å². The van der Waals surface area contributed by atoms with Gasteiger partial charge in [-0.25, -0.2) is 9.97 Å². The Balaban J connectivity index is 2.02. The maximum Gasteiger partial charge on any atom is 0.144 e. The lowest BCUT2D eigenvalue weighted by Gasteiger charge is -2.21. The number of halogens is 1. The molecular weight excluding hydrogens is 314 g/mol. The monoisotopic (exact) mass is 331 g/mol. The fourth-order valence-electron chi connectivity index (χ4n) is 1.75. The van der Waals surface area contributed by atoms with Gasteiger partial charge in [0.1, 0.15) is 17.2 Å². The van der Waals surface area contributed by atoms with E-state index in [1.165, 1.54) is 0 Å². The van der Waals surface area contributed by atoms with E-state index < -0.39 is 0 Å². The summed E-state index contributed by atoms with van der Waals surface area (Å²) in [5.41, 5.74) is 0. The molecule has 1 N–H and O–H groups in total. The average Bonchev–Trinajstić information content (AvgIpc) is 2.41. The van der Waals surface area contributed by atoms with E-state index in [0.29, 0.717) is 5.25 Å². The van der Waals surface area contributed by atoms with E-state index in [2.05, 4.69) is 38.1 Å². The Morgan fingerprint density at radius 2 is 2.22 bits per heavy atom. The number of anilines is 1. The number of ether oxygens (including phenoxy) is 1. The summed E-state index contributed by atoms with van der Waals surface area (Å²) in [5, 5.41) is 4.93. The first-order chi connectivity index (χ1) is 8.81. The van der Waals surface area contributed by atoms with Gasteiger partial charge in [-0.2, -0.15) is 0 Å². The van der Waals surface area contributed by atoms with Crippen molar-refractivity contribution in [2.45, 2.75) is 36.5 Å². The largest absolute Gasteiger partial charge is 0.381 e. The summed E-state index contributed by atoms with van der Waals surface area (Å²) in [7, 11) is 0. The minimum Gasteiger partial charge on any atom is -0.381 e. The number of aromatic nitrogens is 2. The highest BCUT2D eigenvalue weighted by atomic mass is 79.9. The van der Waals surface area contributed by atoms with Gasteiger partial charge in [-0.05, 0) is 35.2 Å². The molecule has 0 atom stereocenters. The predicted octanol–water partition coefficient (Wildman–Crippen LogP) is 3.33. The molecule has 1 aromatic heterocycles. The van der Waals surface area contributed by atoms with Crippen molar-refractivity contribution < 1.29 is 4.74 Å². The molecule has 2 rings (SSSR count). The second-order valence-corrected chi connectivity index (χ2v) is 6.28. The molecule has 0 bridgehead atoms. The van der Waals surface area contributed by atoms with Crippen molar-refractivity contribution in [1.82, 2.24) is 9.97 Å². The second-order valence-electron chi connectivity index (χ2n) is 4.20. The van der Waals surface area contributed by atoms with E-state index in [1.807, 2.05) is 11.8 Å². The molecule has 18 heavy (non-hydrogen) atoms. The van der Waals surface area contributed by atoms with E-state index in [4.69, 9.17) is 4.74 Å². The number of nitrogens with one attached hydrogen (secondary N) is 1. The molecule has 1 fully saturated rings. The van der Waals surface area contributed by atoms with Crippen LogP contribution in [0.1, 0.15) is 26.2 Å². The van der Waals surface area contributed by atoms with Crippen molar-refractivity contribution in [2.24, 2.45) is 0 Å². The molecule has 1 aliphatic rings.